The number of hydrogen-bond acceptors (Lipinski definition) is 4. The topological polar surface area (TPSA) is 70.7 Å². The quantitative estimate of drug-likeness (QED) is 0.726. The largest absolute Gasteiger partial charge is 0.336 e. The molecule has 124 valence electrons. The van der Waals surface area contributed by atoms with E-state index in [1.165, 1.54) is 0 Å². The molecule has 0 aliphatic heterocycles. The molecule has 0 saturated carbocycles. The summed E-state index contributed by atoms with van der Waals surface area (Å²) in [5.41, 5.74) is 2.86. The molecule has 0 aliphatic rings. The average molecular weight is 395 g/mol. The highest BCUT2D eigenvalue weighted by atomic mass is 79.9. The molecule has 0 saturated heterocycles. The SMILES string of the molecule is Cc1c(Br)nc(Nc2ccc(C#N)cc2)c(=O)n1Cc1ccccc1. The molecule has 1 N–H and O–H groups in total. The van der Waals surface area contributed by atoms with Crippen molar-refractivity contribution in [1.82, 2.24) is 9.55 Å². The molecular formula is C19H15BrN4O. The van der Waals surface area contributed by atoms with Crippen molar-refractivity contribution >= 4 is 27.4 Å². The van der Waals surface area contributed by atoms with Crippen LogP contribution in [0, 0.1) is 18.3 Å². The zero-order valence-electron chi connectivity index (χ0n) is 13.5. The molecule has 1 aromatic heterocycles. The average Bonchev–Trinajstić information content (AvgIpc) is 2.64. The molecule has 3 rings (SSSR count). The first-order chi connectivity index (χ1) is 12.1. The lowest BCUT2D eigenvalue weighted by molar-refractivity contribution is 0.715. The summed E-state index contributed by atoms with van der Waals surface area (Å²) in [6.07, 6.45) is 0. The number of rotatable bonds is 4. The van der Waals surface area contributed by atoms with Gasteiger partial charge in [0.05, 0.1) is 23.9 Å². The van der Waals surface area contributed by atoms with E-state index in [2.05, 4.69) is 32.3 Å². The van der Waals surface area contributed by atoms with Gasteiger partial charge in [-0.25, -0.2) is 4.98 Å². The molecule has 3 aromatic rings. The van der Waals surface area contributed by atoms with Gasteiger partial charge in [0.2, 0.25) is 0 Å². The molecule has 0 bridgehead atoms. The third kappa shape index (κ3) is 3.78. The minimum atomic E-state index is -0.200. The van der Waals surface area contributed by atoms with Crippen LogP contribution in [0.5, 0.6) is 0 Å². The summed E-state index contributed by atoms with van der Waals surface area (Å²) in [6.45, 7) is 2.32. The first-order valence-corrected chi connectivity index (χ1v) is 8.46. The molecule has 0 atom stereocenters. The highest BCUT2D eigenvalue weighted by Crippen LogP contribution is 2.18. The minimum absolute atomic E-state index is 0.200. The van der Waals surface area contributed by atoms with Gasteiger partial charge in [-0.05, 0) is 52.7 Å². The zero-order chi connectivity index (χ0) is 17.8. The Labute approximate surface area is 153 Å². The van der Waals surface area contributed by atoms with Gasteiger partial charge in [-0.2, -0.15) is 5.26 Å². The maximum atomic E-state index is 12.8. The Morgan fingerprint density at radius 2 is 1.84 bits per heavy atom. The van der Waals surface area contributed by atoms with Crippen molar-refractivity contribution in [2.24, 2.45) is 0 Å². The molecule has 0 unspecified atom stereocenters. The number of halogens is 1. The zero-order valence-corrected chi connectivity index (χ0v) is 15.1. The van der Waals surface area contributed by atoms with E-state index in [0.29, 0.717) is 22.4 Å². The van der Waals surface area contributed by atoms with Gasteiger partial charge in [-0.1, -0.05) is 30.3 Å². The van der Waals surface area contributed by atoms with Gasteiger partial charge in [-0.15, -0.1) is 0 Å². The Balaban J connectivity index is 1.97. The van der Waals surface area contributed by atoms with Crippen LogP contribution in [0.1, 0.15) is 16.8 Å². The van der Waals surface area contributed by atoms with Crippen LogP contribution in [-0.4, -0.2) is 9.55 Å². The summed E-state index contributed by atoms with van der Waals surface area (Å²) in [5, 5.41) is 11.9. The van der Waals surface area contributed by atoms with Crippen LogP contribution in [0.15, 0.2) is 64.0 Å². The second-order valence-corrected chi connectivity index (χ2v) is 6.28. The number of benzene rings is 2. The fourth-order valence-electron chi connectivity index (χ4n) is 2.42. The van der Waals surface area contributed by atoms with Crippen molar-refractivity contribution in [3.05, 3.63) is 86.4 Å². The normalized spacial score (nSPS) is 10.3. The lowest BCUT2D eigenvalue weighted by atomic mass is 10.2. The number of nitriles is 1. The first kappa shape index (κ1) is 16.9. The third-order valence-corrected chi connectivity index (χ3v) is 4.57. The lowest BCUT2D eigenvalue weighted by Crippen LogP contribution is -2.27. The van der Waals surface area contributed by atoms with Crippen LogP contribution in [-0.2, 0) is 6.54 Å². The molecule has 0 radical (unpaired) electrons. The van der Waals surface area contributed by atoms with Gasteiger partial charge in [0, 0.05) is 5.69 Å². The van der Waals surface area contributed by atoms with Crippen LogP contribution >= 0.6 is 15.9 Å². The summed E-state index contributed by atoms with van der Waals surface area (Å²) in [4.78, 5) is 17.2. The summed E-state index contributed by atoms with van der Waals surface area (Å²) < 4.78 is 2.29. The van der Waals surface area contributed by atoms with Gasteiger partial charge >= 0.3 is 0 Å². The van der Waals surface area contributed by atoms with Crippen molar-refractivity contribution in [2.45, 2.75) is 13.5 Å². The molecule has 2 aromatic carbocycles. The van der Waals surface area contributed by atoms with Crippen molar-refractivity contribution in [1.29, 1.82) is 5.26 Å². The second-order valence-electron chi connectivity index (χ2n) is 5.53. The summed E-state index contributed by atoms with van der Waals surface area (Å²) in [7, 11) is 0. The molecule has 5 nitrogen and oxygen atoms in total. The third-order valence-electron chi connectivity index (χ3n) is 3.82. The van der Waals surface area contributed by atoms with Gasteiger partial charge < -0.3 is 9.88 Å². The number of nitrogens with zero attached hydrogens (tertiary/aromatic N) is 3. The molecule has 0 fully saturated rings. The summed E-state index contributed by atoms with van der Waals surface area (Å²) >= 11 is 3.43. The smallest absolute Gasteiger partial charge is 0.294 e. The Hall–Kier alpha value is -2.91. The summed E-state index contributed by atoms with van der Waals surface area (Å²) in [5.74, 6) is 0.234. The van der Waals surface area contributed by atoms with Crippen molar-refractivity contribution < 1.29 is 0 Å². The lowest BCUT2D eigenvalue weighted by Gasteiger charge is -2.14. The maximum Gasteiger partial charge on any atom is 0.294 e. The Kier molecular flexibility index (Phi) is 4.96. The van der Waals surface area contributed by atoms with Crippen LogP contribution in [0.25, 0.3) is 0 Å². The number of aromatic nitrogens is 2. The predicted molar refractivity (Wildman–Crippen MR) is 101 cm³/mol. The molecule has 0 aliphatic carbocycles. The van der Waals surface area contributed by atoms with Gasteiger partial charge in [0.15, 0.2) is 5.82 Å². The van der Waals surface area contributed by atoms with Crippen LogP contribution < -0.4 is 10.9 Å². The summed E-state index contributed by atoms with van der Waals surface area (Å²) in [6, 6.07) is 18.7. The van der Waals surface area contributed by atoms with E-state index in [0.717, 1.165) is 11.3 Å². The number of nitrogens with one attached hydrogen (secondary N) is 1. The molecule has 0 spiro atoms. The Bertz CT molecular complexity index is 989. The molecule has 6 heteroatoms. The van der Waals surface area contributed by atoms with Gasteiger partial charge in [0.1, 0.15) is 4.60 Å². The van der Waals surface area contributed by atoms with E-state index >= 15 is 0 Å². The van der Waals surface area contributed by atoms with E-state index in [1.807, 2.05) is 37.3 Å². The molecule has 0 amide bonds. The standard InChI is InChI=1S/C19H15BrN4O/c1-13-17(20)23-18(22-16-9-7-14(11-21)8-10-16)19(25)24(13)12-15-5-3-2-4-6-15/h2-10H,12H2,1H3,(H,22,23). The van der Waals surface area contributed by atoms with Crippen molar-refractivity contribution in [2.75, 3.05) is 5.32 Å². The number of hydrogen-bond donors (Lipinski definition) is 1. The van der Waals surface area contributed by atoms with Crippen LogP contribution in [0.3, 0.4) is 0 Å². The van der Waals surface area contributed by atoms with Crippen LogP contribution in [0.2, 0.25) is 0 Å². The van der Waals surface area contributed by atoms with E-state index in [1.54, 1.807) is 28.8 Å². The monoisotopic (exact) mass is 394 g/mol. The van der Waals surface area contributed by atoms with E-state index < -0.39 is 0 Å². The first-order valence-electron chi connectivity index (χ1n) is 7.66. The molecule has 1 heterocycles. The van der Waals surface area contributed by atoms with E-state index in [9.17, 15) is 4.79 Å². The van der Waals surface area contributed by atoms with Crippen molar-refractivity contribution in [3.8, 4) is 6.07 Å². The fraction of sp³-hybridized carbons (Fsp3) is 0.105. The Morgan fingerprint density at radius 3 is 2.48 bits per heavy atom. The van der Waals surface area contributed by atoms with Gasteiger partial charge in [0.25, 0.3) is 5.56 Å². The molecular weight excluding hydrogens is 380 g/mol. The highest BCUT2D eigenvalue weighted by molar-refractivity contribution is 9.10. The Morgan fingerprint density at radius 1 is 1.16 bits per heavy atom. The highest BCUT2D eigenvalue weighted by Gasteiger charge is 2.13. The molecule has 25 heavy (non-hydrogen) atoms. The number of anilines is 2. The van der Waals surface area contributed by atoms with E-state index in [4.69, 9.17) is 5.26 Å². The van der Waals surface area contributed by atoms with E-state index in [-0.39, 0.29) is 11.4 Å². The predicted octanol–water partition coefficient (Wildman–Crippen LogP) is 3.98. The fourth-order valence-corrected chi connectivity index (χ4v) is 2.81. The minimum Gasteiger partial charge on any atom is -0.336 e. The second kappa shape index (κ2) is 7.32. The van der Waals surface area contributed by atoms with Gasteiger partial charge in [-0.3, -0.25) is 4.79 Å². The van der Waals surface area contributed by atoms with Crippen molar-refractivity contribution in [3.63, 3.8) is 0 Å². The van der Waals surface area contributed by atoms with Crippen LogP contribution in [0.4, 0.5) is 11.5 Å². The maximum absolute atomic E-state index is 12.8.